The molecule has 0 aliphatic rings. The molecule has 0 radical (unpaired) electrons. The third-order valence-corrected chi connectivity index (χ3v) is 3.78. The van der Waals surface area contributed by atoms with Crippen LogP contribution >= 0.6 is 27.3 Å². The van der Waals surface area contributed by atoms with Gasteiger partial charge in [0.25, 0.3) is 0 Å². The quantitative estimate of drug-likeness (QED) is 0.919. The SMILES string of the molecule is OCC(Cc1cccc(Br)c1)Cc1cscn1. The van der Waals surface area contributed by atoms with E-state index in [1.807, 2.05) is 23.0 Å². The maximum Gasteiger partial charge on any atom is 0.0794 e. The number of benzene rings is 1. The van der Waals surface area contributed by atoms with Crippen LogP contribution in [0.25, 0.3) is 0 Å². The van der Waals surface area contributed by atoms with E-state index in [0.717, 1.165) is 23.0 Å². The predicted octanol–water partition coefficient (Wildman–Crippen LogP) is 3.30. The monoisotopic (exact) mass is 311 g/mol. The highest BCUT2D eigenvalue weighted by Crippen LogP contribution is 2.17. The highest BCUT2D eigenvalue weighted by atomic mass is 79.9. The lowest BCUT2D eigenvalue weighted by molar-refractivity contribution is 0.224. The zero-order chi connectivity index (χ0) is 12.1. The largest absolute Gasteiger partial charge is 0.396 e. The van der Waals surface area contributed by atoms with Crippen molar-refractivity contribution in [1.29, 1.82) is 0 Å². The Hall–Kier alpha value is -0.710. The van der Waals surface area contributed by atoms with Gasteiger partial charge in [-0.3, -0.25) is 0 Å². The van der Waals surface area contributed by atoms with Gasteiger partial charge >= 0.3 is 0 Å². The molecule has 2 rings (SSSR count). The van der Waals surface area contributed by atoms with Gasteiger partial charge in [-0.2, -0.15) is 0 Å². The summed E-state index contributed by atoms with van der Waals surface area (Å²) in [4.78, 5) is 4.26. The summed E-state index contributed by atoms with van der Waals surface area (Å²) in [7, 11) is 0. The molecule has 4 heteroatoms. The third kappa shape index (κ3) is 3.91. The van der Waals surface area contributed by atoms with E-state index in [1.165, 1.54) is 5.56 Å². The van der Waals surface area contributed by atoms with Crippen molar-refractivity contribution in [2.75, 3.05) is 6.61 Å². The fraction of sp³-hybridized carbons (Fsp3) is 0.308. The molecule has 2 nitrogen and oxygen atoms in total. The smallest absolute Gasteiger partial charge is 0.0794 e. The van der Waals surface area contributed by atoms with Crippen molar-refractivity contribution in [2.24, 2.45) is 5.92 Å². The first kappa shape index (κ1) is 12.7. The number of nitrogens with zero attached hydrogens (tertiary/aromatic N) is 1. The van der Waals surface area contributed by atoms with Crippen LogP contribution in [-0.4, -0.2) is 16.7 Å². The Morgan fingerprint density at radius 3 is 2.88 bits per heavy atom. The molecule has 0 saturated carbocycles. The molecule has 0 aliphatic carbocycles. The number of hydrogen-bond acceptors (Lipinski definition) is 3. The Morgan fingerprint density at radius 1 is 1.35 bits per heavy atom. The summed E-state index contributed by atoms with van der Waals surface area (Å²) in [6.45, 7) is 0.198. The van der Waals surface area contributed by atoms with Crippen LogP contribution in [0, 0.1) is 5.92 Å². The number of hydrogen-bond donors (Lipinski definition) is 1. The van der Waals surface area contributed by atoms with Gasteiger partial charge in [0, 0.05) is 16.5 Å². The molecule has 0 amide bonds. The fourth-order valence-corrected chi connectivity index (χ4v) is 2.85. The molecular weight excluding hydrogens is 298 g/mol. The molecule has 90 valence electrons. The van der Waals surface area contributed by atoms with Gasteiger partial charge in [-0.15, -0.1) is 11.3 Å². The lowest BCUT2D eigenvalue weighted by atomic mass is 9.96. The molecule has 1 atom stereocenters. The van der Waals surface area contributed by atoms with Crippen LogP contribution in [0.4, 0.5) is 0 Å². The second-order valence-corrected chi connectivity index (χ2v) is 5.70. The Bertz CT molecular complexity index is 458. The maximum atomic E-state index is 9.42. The summed E-state index contributed by atoms with van der Waals surface area (Å²) in [5.74, 6) is 0.242. The second-order valence-electron chi connectivity index (χ2n) is 4.07. The van der Waals surface area contributed by atoms with E-state index in [9.17, 15) is 5.11 Å². The average Bonchev–Trinajstić information content (AvgIpc) is 2.81. The van der Waals surface area contributed by atoms with Crippen molar-refractivity contribution in [3.05, 3.63) is 50.9 Å². The highest BCUT2D eigenvalue weighted by molar-refractivity contribution is 9.10. The fourth-order valence-electron chi connectivity index (χ4n) is 1.83. The standard InChI is InChI=1S/C13H14BrNOS/c14-12-3-1-2-10(5-12)4-11(7-16)6-13-8-17-9-15-13/h1-3,5,8-9,11,16H,4,6-7H2. The minimum absolute atomic E-state index is 0.198. The van der Waals surface area contributed by atoms with Gasteiger partial charge in [-0.1, -0.05) is 28.1 Å². The molecule has 0 aliphatic heterocycles. The first-order valence-corrected chi connectivity index (χ1v) is 7.24. The van der Waals surface area contributed by atoms with Crippen LogP contribution in [0.2, 0.25) is 0 Å². The minimum Gasteiger partial charge on any atom is -0.396 e. The lowest BCUT2D eigenvalue weighted by Gasteiger charge is -2.13. The summed E-state index contributed by atoms with van der Waals surface area (Å²) in [5, 5.41) is 11.5. The molecule has 0 spiro atoms. The summed E-state index contributed by atoms with van der Waals surface area (Å²) in [6, 6.07) is 8.23. The number of rotatable bonds is 5. The molecular formula is C13H14BrNOS. The van der Waals surface area contributed by atoms with Crippen LogP contribution in [0.1, 0.15) is 11.3 Å². The van der Waals surface area contributed by atoms with E-state index in [0.29, 0.717) is 0 Å². The second kappa shape index (κ2) is 6.28. The van der Waals surface area contributed by atoms with Crippen molar-refractivity contribution >= 4 is 27.3 Å². The van der Waals surface area contributed by atoms with E-state index in [2.05, 4.69) is 33.0 Å². The van der Waals surface area contributed by atoms with Gasteiger partial charge in [-0.05, 0) is 36.5 Å². The van der Waals surface area contributed by atoms with Crippen LogP contribution in [0.3, 0.4) is 0 Å². The van der Waals surface area contributed by atoms with Gasteiger partial charge in [0.05, 0.1) is 11.2 Å². The topological polar surface area (TPSA) is 33.1 Å². The van der Waals surface area contributed by atoms with Crippen LogP contribution in [-0.2, 0) is 12.8 Å². The molecule has 0 bridgehead atoms. The van der Waals surface area contributed by atoms with Gasteiger partial charge in [-0.25, -0.2) is 4.98 Å². The molecule has 1 aromatic carbocycles. The minimum atomic E-state index is 0.198. The number of thiazole rings is 1. The molecule has 1 N–H and O–H groups in total. The summed E-state index contributed by atoms with van der Waals surface area (Å²) in [6.07, 6.45) is 1.72. The third-order valence-electron chi connectivity index (χ3n) is 2.65. The normalized spacial score (nSPS) is 12.6. The van der Waals surface area contributed by atoms with Gasteiger partial charge < -0.3 is 5.11 Å². The van der Waals surface area contributed by atoms with Crippen LogP contribution < -0.4 is 0 Å². The van der Waals surface area contributed by atoms with Gasteiger partial charge in [0.1, 0.15) is 0 Å². The number of halogens is 1. The Kier molecular flexibility index (Phi) is 4.71. The molecule has 1 heterocycles. The number of aromatic nitrogens is 1. The first-order valence-electron chi connectivity index (χ1n) is 5.50. The lowest BCUT2D eigenvalue weighted by Crippen LogP contribution is -2.13. The van der Waals surface area contributed by atoms with Crippen molar-refractivity contribution in [2.45, 2.75) is 12.8 Å². The molecule has 0 saturated heterocycles. The van der Waals surface area contributed by atoms with Gasteiger partial charge in [0.2, 0.25) is 0 Å². The summed E-state index contributed by atoms with van der Waals surface area (Å²) >= 11 is 5.06. The van der Waals surface area contributed by atoms with Crippen LogP contribution in [0.15, 0.2) is 39.6 Å². The highest BCUT2D eigenvalue weighted by Gasteiger charge is 2.11. The molecule has 1 unspecified atom stereocenters. The van der Waals surface area contributed by atoms with E-state index < -0.39 is 0 Å². The van der Waals surface area contributed by atoms with Crippen molar-refractivity contribution in [3.8, 4) is 0 Å². The zero-order valence-corrected chi connectivity index (χ0v) is 11.7. The van der Waals surface area contributed by atoms with Crippen molar-refractivity contribution < 1.29 is 5.11 Å². The van der Waals surface area contributed by atoms with Crippen LogP contribution in [0.5, 0.6) is 0 Å². The van der Waals surface area contributed by atoms with E-state index in [-0.39, 0.29) is 12.5 Å². The Balaban J connectivity index is 2.00. The van der Waals surface area contributed by atoms with E-state index >= 15 is 0 Å². The van der Waals surface area contributed by atoms with E-state index in [4.69, 9.17) is 0 Å². The number of aliphatic hydroxyl groups excluding tert-OH is 1. The molecule has 2 aromatic rings. The molecule has 17 heavy (non-hydrogen) atoms. The predicted molar refractivity (Wildman–Crippen MR) is 74.2 cm³/mol. The average molecular weight is 312 g/mol. The molecule has 0 fully saturated rings. The molecule has 1 aromatic heterocycles. The van der Waals surface area contributed by atoms with E-state index in [1.54, 1.807) is 11.3 Å². The Labute approximate surface area is 113 Å². The summed E-state index contributed by atoms with van der Waals surface area (Å²) < 4.78 is 1.08. The maximum absolute atomic E-state index is 9.42. The van der Waals surface area contributed by atoms with Crippen molar-refractivity contribution in [1.82, 2.24) is 4.98 Å². The van der Waals surface area contributed by atoms with Gasteiger partial charge in [0.15, 0.2) is 0 Å². The Morgan fingerprint density at radius 2 is 2.24 bits per heavy atom. The zero-order valence-electron chi connectivity index (χ0n) is 9.34. The number of aliphatic hydroxyl groups is 1. The summed E-state index contributed by atoms with van der Waals surface area (Å²) in [5.41, 5.74) is 4.15. The first-order chi connectivity index (χ1) is 8.28. The van der Waals surface area contributed by atoms with Crippen molar-refractivity contribution in [3.63, 3.8) is 0 Å².